The van der Waals surface area contributed by atoms with Gasteiger partial charge < -0.3 is 14.9 Å². The highest BCUT2D eigenvalue weighted by molar-refractivity contribution is 5.55. The summed E-state index contributed by atoms with van der Waals surface area (Å²) in [6, 6.07) is 4.12. The first-order valence-electron chi connectivity index (χ1n) is 11.1. The highest BCUT2D eigenvalue weighted by Gasteiger charge is 2.45. The summed E-state index contributed by atoms with van der Waals surface area (Å²) in [7, 11) is 0. The Balaban J connectivity index is 1.96. The summed E-state index contributed by atoms with van der Waals surface area (Å²) in [4.78, 5) is 0. The van der Waals surface area contributed by atoms with Crippen LogP contribution < -0.4 is 4.74 Å². The number of fused-ring (bicyclic) bond motifs is 3. The third-order valence-corrected chi connectivity index (χ3v) is 6.98. The molecule has 156 valence electrons. The molecule has 2 N–H and O–H groups in total. The maximum Gasteiger partial charge on any atom is 0.127 e. The predicted octanol–water partition coefficient (Wildman–Crippen LogP) is 6.22. The predicted molar refractivity (Wildman–Crippen MR) is 115 cm³/mol. The normalized spacial score (nSPS) is 23.4. The Morgan fingerprint density at radius 3 is 2.61 bits per heavy atom. The number of aromatic hydroxyl groups is 1. The highest BCUT2D eigenvalue weighted by Crippen LogP contribution is 2.54. The first-order chi connectivity index (χ1) is 13.2. The zero-order chi connectivity index (χ0) is 20.5. The summed E-state index contributed by atoms with van der Waals surface area (Å²) in [5.74, 6) is 1.58. The van der Waals surface area contributed by atoms with Gasteiger partial charge in [-0.25, -0.2) is 0 Å². The topological polar surface area (TPSA) is 49.7 Å². The molecular weight excluding hydrogens is 348 g/mol. The van der Waals surface area contributed by atoms with Crippen molar-refractivity contribution >= 4 is 0 Å². The van der Waals surface area contributed by atoms with Crippen molar-refractivity contribution in [3.8, 4) is 11.5 Å². The maximum absolute atomic E-state index is 11.0. The van der Waals surface area contributed by atoms with Crippen LogP contribution in [0.2, 0.25) is 0 Å². The third-order valence-electron chi connectivity index (χ3n) is 6.98. The van der Waals surface area contributed by atoms with Crippen LogP contribution >= 0.6 is 0 Å². The molecule has 2 aliphatic rings. The Morgan fingerprint density at radius 1 is 1.18 bits per heavy atom. The average Bonchev–Trinajstić information content (AvgIpc) is 2.63. The third kappa shape index (κ3) is 4.10. The SMILES string of the molecule is CCCCCCC(C)(C)c1cc(O)c2c(c1)OC(C)(C)[C@@H]1CCC(CO)=C[C@@H]21. The molecule has 0 radical (unpaired) electrons. The van der Waals surface area contributed by atoms with Crippen LogP contribution in [-0.4, -0.2) is 22.4 Å². The fourth-order valence-electron chi connectivity index (χ4n) is 5.09. The summed E-state index contributed by atoms with van der Waals surface area (Å²) < 4.78 is 6.47. The smallest absolute Gasteiger partial charge is 0.127 e. The maximum atomic E-state index is 11.0. The van der Waals surface area contributed by atoms with Crippen molar-refractivity contribution in [1.82, 2.24) is 0 Å². The molecule has 0 fully saturated rings. The van der Waals surface area contributed by atoms with E-state index in [1.54, 1.807) is 0 Å². The number of aliphatic hydroxyl groups excluding tert-OH is 1. The second kappa shape index (κ2) is 8.10. The van der Waals surface area contributed by atoms with E-state index in [2.05, 4.69) is 46.8 Å². The monoisotopic (exact) mass is 386 g/mol. The van der Waals surface area contributed by atoms with Gasteiger partial charge >= 0.3 is 0 Å². The lowest BCUT2D eigenvalue weighted by molar-refractivity contribution is 0.00992. The lowest BCUT2D eigenvalue weighted by Crippen LogP contribution is -2.45. The standard InChI is InChI=1S/C25H38O3/c1-6-7-8-9-12-24(2,3)18-14-21(27)23-19-13-17(16-26)10-11-20(19)25(4,5)28-22(23)15-18/h13-15,19-20,26-27H,6-12,16H2,1-5H3/t19-,20-/m1/s1. The van der Waals surface area contributed by atoms with Crippen LogP contribution in [0.3, 0.4) is 0 Å². The highest BCUT2D eigenvalue weighted by atomic mass is 16.5. The molecule has 1 aliphatic heterocycles. The molecule has 1 aromatic carbocycles. The van der Waals surface area contributed by atoms with Crippen LogP contribution in [0, 0.1) is 5.92 Å². The van der Waals surface area contributed by atoms with Gasteiger partial charge in [0, 0.05) is 17.4 Å². The molecule has 2 atom stereocenters. The number of rotatable bonds is 7. The number of phenolic OH excluding ortho intramolecular Hbond substituents is 1. The van der Waals surface area contributed by atoms with Crippen LogP contribution in [-0.2, 0) is 5.41 Å². The molecule has 28 heavy (non-hydrogen) atoms. The van der Waals surface area contributed by atoms with Gasteiger partial charge in [-0.3, -0.25) is 0 Å². The molecule has 0 saturated heterocycles. The van der Waals surface area contributed by atoms with E-state index >= 15 is 0 Å². The number of phenols is 1. The summed E-state index contributed by atoms with van der Waals surface area (Å²) in [5, 5.41) is 20.6. The summed E-state index contributed by atoms with van der Waals surface area (Å²) in [6.07, 6.45) is 10.2. The lowest BCUT2D eigenvalue weighted by atomic mass is 9.67. The molecule has 0 amide bonds. The number of allylic oxidation sites excluding steroid dienone is 1. The minimum atomic E-state index is -0.286. The Bertz CT molecular complexity index is 730. The Morgan fingerprint density at radius 2 is 1.93 bits per heavy atom. The molecule has 3 heteroatoms. The van der Waals surface area contributed by atoms with Gasteiger partial charge in [0.15, 0.2) is 0 Å². The van der Waals surface area contributed by atoms with E-state index in [0.717, 1.165) is 41.7 Å². The number of ether oxygens (including phenoxy) is 1. The van der Waals surface area contributed by atoms with E-state index in [1.165, 1.54) is 25.7 Å². The van der Waals surface area contributed by atoms with E-state index in [4.69, 9.17) is 4.74 Å². The van der Waals surface area contributed by atoms with Gasteiger partial charge in [0.1, 0.15) is 17.1 Å². The molecule has 0 spiro atoms. The van der Waals surface area contributed by atoms with Crippen LogP contribution in [0.1, 0.15) is 96.6 Å². The molecule has 1 aliphatic carbocycles. The molecule has 1 aromatic rings. The fourth-order valence-corrected chi connectivity index (χ4v) is 5.09. The van der Waals surface area contributed by atoms with Crippen molar-refractivity contribution in [3.05, 3.63) is 34.9 Å². The Labute approximate surface area is 170 Å². The molecular formula is C25H38O3. The van der Waals surface area contributed by atoms with Gasteiger partial charge in [-0.1, -0.05) is 52.5 Å². The van der Waals surface area contributed by atoms with Gasteiger partial charge in [0.2, 0.25) is 0 Å². The molecule has 3 rings (SSSR count). The largest absolute Gasteiger partial charge is 0.507 e. The van der Waals surface area contributed by atoms with Crippen molar-refractivity contribution < 1.29 is 14.9 Å². The molecule has 0 unspecified atom stereocenters. The minimum absolute atomic E-state index is 0.00324. The second-order valence-corrected chi connectivity index (χ2v) is 9.96. The van der Waals surface area contributed by atoms with Gasteiger partial charge in [0.25, 0.3) is 0 Å². The lowest BCUT2D eigenvalue weighted by Gasteiger charge is -2.47. The van der Waals surface area contributed by atoms with Crippen LogP contribution in [0.15, 0.2) is 23.8 Å². The van der Waals surface area contributed by atoms with Crippen LogP contribution in [0.25, 0.3) is 0 Å². The quantitative estimate of drug-likeness (QED) is 0.432. The number of hydrogen-bond donors (Lipinski definition) is 2. The molecule has 0 aromatic heterocycles. The summed E-state index contributed by atoms with van der Waals surface area (Å²) >= 11 is 0. The number of benzene rings is 1. The van der Waals surface area contributed by atoms with Crippen molar-refractivity contribution in [2.24, 2.45) is 5.92 Å². The van der Waals surface area contributed by atoms with E-state index < -0.39 is 0 Å². The summed E-state index contributed by atoms with van der Waals surface area (Å²) in [5.41, 5.74) is 2.84. The van der Waals surface area contributed by atoms with Crippen molar-refractivity contribution in [1.29, 1.82) is 0 Å². The summed E-state index contributed by atoms with van der Waals surface area (Å²) in [6.45, 7) is 11.2. The molecule has 0 saturated carbocycles. The Hall–Kier alpha value is -1.48. The van der Waals surface area contributed by atoms with Crippen LogP contribution in [0.4, 0.5) is 0 Å². The molecule has 0 bridgehead atoms. The van der Waals surface area contributed by atoms with Crippen molar-refractivity contribution in [2.75, 3.05) is 6.61 Å². The van der Waals surface area contributed by atoms with Gasteiger partial charge in [0.05, 0.1) is 6.61 Å². The zero-order valence-electron chi connectivity index (χ0n) is 18.3. The Kier molecular flexibility index (Phi) is 6.14. The van der Waals surface area contributed by atoms with E-state index in [0.29, 0.717) is 11.7 Å². The van der Waals surface area contributed by atoms with Gasteiger partial charge in [-0.2, -0.15) is 0 Å². The van der Waals surface area contributed by atoms with E-state index in [-0.39, 0.29) is 23.5 Å². The van der Waals surface area contributed by atoms with E-state index in [9.17, 15) is 10.2 Å². The number of hydrogen-bond acceptors (Lipinski definition) is 3. The zero-order valence-corrected chi connectivity index (χ0v) is 18.3. The van der Waals surface area contributed by atoms with E-state index in [1.807, 2.05) is 6.07 Å². The average molecular weight is 387 g/mol. The fraction of sp³-hybridized carbons (Fsp3) is 0.680. The number of unbranched alkanes of at least 4 members (excludes halogenated alkanes) is 3. The number of aliphatic hydroxyl groups is 1. The first kappa shape index (κ1) is 21.2. The molecule has 3 nitrogen and oxygen atoms in total. The second-order valence-electron chi connectivity index (χ2n) is 9.96. The van der Waals surface area contributed by atoms with Gasteiger partial charge in [-0.15, -0.1) is 0 Å². The van der Waals surface area contributed by atoms with Gasteiger partial charge in [-0.05, 0) is 61.8 Å². The first-order valence-corrected chi connectivity index (χ1v) is 11.1. The van der Waals surface area contributed by atoms with Crippen LogP contribution in [0.5, 0.6) is 11.5 Å². The minimum Gasteiger partial charge on any atom is -0.507 e. The van der Waals surface area contributed by atoms with Crippen molar-refractivity contribution in [2.45, 2.75) is 96.5 Å². The van der Waals surface area contributed by atoms with Crippen molar-refractivity contribution in [3.63, 3.8) is 0 Å². The molecule has 1 heterocycles.